The van der Waals surface area contributed by atoms with Gasteiger partial charge in [-0.05, 0) is 72.1 Å². The molecule has 0 radical (unpaired) electrons. The molecule has 0 aliphatic rings. The van der Waals surface area contributed by atoms with E-state index in [1.165, 1.54) is 10.9 Å². The van der Waals surface area contributed by atoms with Gasteiger partial charge in [-0.2, -0.15) is 0 Å². The summed E-state index contributed by atoms with van der Waals surface area (Å²) in [6, 6.07) is 25.3. The molecule has 6 aromatic rings. The van der Waals surface area contributed by atoms with E-state index in [1.807, 2.05) is 0 Å². The van der Waals surface area contributed by atoms with E-state index in [-0.39, 0.29) is 57.7 Å². The van der Waals surface area contributed by atoms with Crippen molar-refractivity contribution in [2.45, 2.75) is 72.6 Å². The van der Waals surface area contributed by atoms with E-state index < -0.39 is 0 Å². The van der Waals surface area contributed by atoms with Crippen LogP contribution >= 0.6 is 0 Å². The van der Waals surface area contributed by atoms with Crippen LogP contribution in [0.15, 0.2) is 91.0 Å². The van der Waals surface area contributed by atoms with Crippen molar-refractivity contribution in [2.24, 2.45) is 14.1 Å². The Morgan fingerprint density at radius 1 is 0.623 bits per heavy atom. The van der Waals surface area contributed by atoms with Crippen molar-refractivity contribution in [3.8, 4) is 34.0 Å². The topological polar surface area (TPSA) is 83.8 Å². The molecule has 0 aliphatic carbocycles. The number of fused-ring (bicyclic) bond motifs is 2. The predicted molar refractivity (Wildman–Crippen MR) is 227 cm³/mol. The quantitative estimate of drug-likeness (QED) is 0.0992. The predicted octanol–water partition coefficient (Wildman–Crippen LogP) is 13.1. The van der Waals surface area contributed by atoms with Gasteiger partial charge in [0.05, 0.1) is 11.4 Å². The Morgan fingerprint density at radius 2 is 1.06 bits per heavy atom. The van der Waals surface area contributed by atoms with Crippen molar-refractivity contribution in [1.82, 2.24) is 9.13 Å². The Bertz CT molecular complexity index is 2290. The Morgan fingerprint density at radius 3 is 1.57 bits per heavy atom. The molecule has 0 atom stereocenters. The monoisotopic (exact) mass is 876 g/mol. The standard InChI is InChI=1S/C45H50N2O2.2CH3.Hf.H2N/c1-28-24-34(42(48)36(26-28)44(3,4)5)40-32(30-18-14-16-22-38(30)46(40)9)20-12-11-13-21-33-31-19-15-17-23-39(31)47(10)41(33)35-25-29(2)27-37(43(35)49)45(6,7)8;;;;/h11-20,22-27,48-49H,21H2,1-10H3;2*1H3;;1H2/q;2*-1;;-1/b13-11-,20-12+;;;;. The molecule has 0 unspecified atom stereocenters. The fraction of sp³-hybridized carbons (Fsp3) is 0.277. The number of aromatic hydroxyl groups is 2. The third-order valence-corrected chi connectivity index (χ3v) is 9.82. The largest absolute Gasteiger partial charge is 0.693 e. The van der Waals surface area contributed by atoms with E-state index in [9.17, 15) is 10.2 Å². The van der Waals surface area contributed by atoms with Crippen LogP contribution in [0.4, 0.5) is 0 Å². The molecular weight excluding hydrogens is 817 g/mol. The number of nitrogens with two attached hydrogens (primary N) is 1. The third kappa shape index (κ3) is 8.34. The van der Waals surface area contributed by atoms with Gasteiger partial charge in [-0.15, -0.1) is 0 Å². The second-order valence-electron chi connectivity index (χ2n) is 15.7. The molecule has 53 heavy (non-hydrogen) atoms. The van der Waals surface area contributed by atoms with E-state index in [0.717, 1.165) is 66.8 Å². The van der Waals surface area contributed by atoms with Gasteiger partial charge in [-0.1, -0.05) is 114 Å². The summed E-state index contributed by atoms with van der Waals surface area (Å²) in [6.07, 6.45) is 9.29. The van der Waals surface area contributed by atoms with E-state index in [4.69, 9.17) is 0 Å². The SMILES string of the molecule is Cc1cc(-c2c(/C=C/C=C\Cc3c(-c4cc(C)cc(C(C)(C)C)c4O)n(C)c4ccccc34)c3ccccc3n2C)c(O)c(C(C)(C)C)c1.[CH3-].[CH3-].[Hf].[NH2-]. The number of nitrogens with zero attached hydrogens (tertiary/aromatic N) is 2. The van der Waals surface area contributed by atoms with E-state index in [0.29, 0.717) is 17.9 Å². The summed E-state index contributed by atoms with van der Waals surface area (Å²) >= 11 is 0. The van der Waals surface area contributed by atoms with Crippen molar-refractivity contribution in [3.63, 3.8) is 0 Å². The van der Waals surface area contributed by atoms with Gasteiger partial charge in [-0.25, -0.2) is 0 Å². The minimum atomic E-state index is -0.196. The van der Waals surface area contributed by atoms with Gasteiger partial charge in [0.15, 0.2) is 0 Å². The maximum atomic E-state index is 11.7. The molecule has 0 fully saturated rings. The zero-order valence-electron chi connectivity index (χ0n) is 33.8. The first-order valence-corrected chi connectivity index (χ1v) is 17.3. The molecule has 280 valence electrons. The second-order valence-corrected chi connectivity index (χ2v) is 15.7. The molecule has 4 N–H and O–H groups in total. The van der Waals surface area contributed by atoms with Gasteiger partial charge in [0.2, 0.25) is 0 Å². The molecule has 0 amide bonds. The summed E-state index contributed by atoms with van der Waals surface area (Å²) < 4.78 is 4.42. The Balaban J connectivity index is 0.00000243. The van der Waals surface area contributed by atoms with Crippen LogP contribution in [0.1, 0.15) is 74.9 Å². The summed E-state index contributed by atoms with van der Waals surface area (Å²) in [4.78, 5) is 0. The molecule has 0 saturated heterocycles. The van der Waals surface area contributed by atoms with Gasteiger partial charge >= 0.3 is 0 Å². The minimum Gasteiger partial charge on any atom is -0.693 e. The molecule has 5 nitrogen and oxygen atoms in total. The molecule has 2 aromatic heterocycles. The molecule has 2 heterocycles. The van der Waals surface area contributed by atoms with Crippen LogP contribution in [-0.4, -0.2) is 19.3 Å². The second kappa shape index (κ2) is 16.9. The number of hydrogen-bond acceptors (Lipinski definition) is 2. The van der Waals surface area contributed by atoms with Crippen LogP contribution in [0.5, 0.6) is 11.5 Å². The Kier molecular flexibility index (Phi) is 14.4. The zero-order valence-corrected chi connectivity index (χ0v) is 37.4. The molecule has 6 heteroatoms. The van der Waals surface area contributed by atoms with Gasteiger partial charge < -0.3 is 40.4 Å². The first-order chi connectivity index (χ1) is 23.1. The molecular formula is C47H58HfN3O2-3. The first-order valence-electron chi connectivity index (χ1n) is 17.3. The van der Waals surface area contributed by atoms with Crippen molar-refractivity contribution >= 4 is 27.9 Å². The summed E-state index contributed by atoms with van der Waals surface area (Å²) in [5.74, 6) is 0.693. The van der Waals surface area contributed by atoms with Crippen LogP contribution in [0.2, 0.25) is 0 Å². The molecule has 0 aliphatic heterocycles. The fourth-order valence-corrected chi connectivity index (χ4v) is 7.42. The summed E-state index contributed by atoms with van der Waals surface area (Å²) in [5.41, 5.74) is 12.1. The van der Waals surface area contributed by atoms with Crippen LogP contribution in [0.25, 0.3) is 56.5 Å². The van der Waals surface area contributed by atoms with Gasteiger partial charge in [0.25, 0.3) is 0 Å². The number of hydrogen-bond donors (Lipinski definition) is 2. The minimum absolute atomic E-state index is 0. The number of benzene rings is 4. The van der Waals surface area contributed by atoms with Crippen molar-refractivity contribution < 1.29 is 36.1 Å². The summed E-state index contributed by atoms with van der Waals surface area (Å²) in [6.45, 7) is 17.1. The van der Waals surface area contributed by atoms with Crippen LogP contribution < -0.4 is 0 Å². The summed E-state index contributed by atoms with van der Waals surface area (Å²) in [5, 5.41) is 25.6. The zero-order chi connectivity index (χ0) is 35.4. The normalized spacial score (nSPS) is 11.8. The third-order valence-electron chi connectivity index (χ3n) is 9.82. The average Bonchev–Trinajstić information content (AvgIpc) is 3.48. The number of phenolic OH excluding ortho intramolecular Hbond substituents is 2. The number of aryl methyl sites for hydroxylation is 4. The van der Waals surface area contributed by atoms with E-state index >= 15 is 0 Å². The van der Waals surface area contributed by atoms with Crippen LogP contribution in [-0.2, 0) is 57.2 Å². The molecule has 0 spiro atoms. The van der Waals surface area contributed by atoms with Gasteiger partial charge in [0.1, 0.15) is 11.5 Å². The van der Waals surface area contributed by atoms with Gasteiger partial charge in [-0.3, -0.25) is 0 Å². The average molecular weight is 875 g/mol. The Labute approximate surface area is 337 Å². The fourth-order valence-electron chi connectivity index (χ4n) is 7.42. The number of phenols is 2. The maximum absolute atomic E-state index is 11.7. The summed E-state index contributed by atoms with van der Waals surface area (Å²) in [7, 11) is 4.17. The number of para-hydroxylation sites is 2. The molecule has 0 saturated carbocycles. The van der Waals surface area contributed by atoms with Gasteiger partial charge in [0, 0.05) is 89.6 Å². The number of allylic oxidation sites excluding steroid dienone is 3. The molecule has 6 rings (SSSR count). The van der Waals surface area contributed by atoms with E-state index in [1.54, 1.807) is 0 Å². The first kappa shape index (κ1) is 45.0. The van der Waals surface area contributed by atoms with Crippen molar-refractivity contribution in [3.05, 3.63) is 145 Å². The maximum Gasteiger partial charge on any atom is 0.128 e. The number of aromatic nitrogens is 2. The smallest absolute Gasteiger partial charge is 0.128 e. The van der Waals surface area contributed by atoms with Crippen molar-refractivity contribution in [2.75, 3.05) is 0 Å². The van der Waals surface area contributed by atoms with E-state index in [2.05, 4.69) is 176 Å². The van der Waals surface area contributed by atoms with Crippen molar-refractivity contribution in [1.29, 1.82) is 0 Å². The van der Waals surface area contributed by atoms with Crippen LogP contribution in [0, 0.1) is 28.7 Å². The van der Waals surface area contributed by atoms with Crippen LogP contribution in [0.3, 0.4) is 0 Å². The number of rotatable bonds is 6. The Hall–Kier alpha value is -4.13. The molecule has 4 aromatic carbocycles. The molecule has 0 bridgehead atoms.